The molecule has 136 valence electrons. The van der Waals surface area contributed by atoms with Gasteiger partial charge in [-0.1, -0.05) is 24.3 Å². The molecule has 0 radical (unpaired) electrons. The summed E-state index contributed by atoms with van der Waals surface area (Å²) in [5.74, 6) is -0.458. The third kappa shape index (κ3) is 4.39. The molecular formula is C20H21FN2O3. The summed E-state index contributed by atoms with van der Waals surface area (Å²) in [7, 11) is 0. The summed E-state index contributed by atoms with van der Waals surface area (Å²) in [6, 6.07) is 13.4. The molecule has 5 nitrogen and oxygen atoms in total. The van der Waals surface area contributed by atoms with Crippen LogP contribution in [0.2, 0.25) is 0 Å². The molecule has 0 aliphatic carbocycles. The van der Waals surface area contributed by atoms with Gasteiger partial charge in [0, 0.05) is 18.8 Å². The number of carbonyl (C=O) groups excluding carboxylic acids is 2. The third-order valence-corrected chi connectivity index (χ3v) is 4.44. The summed E-state index contributed by atoms with van der Waals surface area (Å²) >= 11 is 0. The topological polar surface area (TPSA) is 58.6 Å². The molecule has 26 heavy (non-hydrogen) atoms. The number of aryl methyl sites for hydroxylation is 1. The van der Waals surface area contributed by atoms with Crippen LogP contribution in [0.4, 0.5) is 14.9 Å². The van der Waals surface area contributed by atoms with Crippen LogP contribution in [-0.4, -0.2) is 30.0 Å². The van der Waals surface area contributed by atoms with E-state index in [1.807, 2.05) is 6.07 Å². The number of hydrogen-bond acceptors (Lipinski definition) is 3. The largest absolute Gasteiger partial charge is 0.415 e. The number of anilines is 1. The van der Waals surface area contributed by atoms with Gasteiger partial charge in [0.15, 0.2) is 0 Å². The number of likely N-dealkylation sites (tertiary alicyclic amines) is 1. The van der Waals surface area contributed by atoms with Gasteiger partial charge >= 0.3 is 6.09 Å². The Balaban J connectivity index is 1.59. The average molecular weight is 356 g/mol. The smallest absolute Gasteiger partial charge is 0.410 e. The molecule has 1 saturated heterocycles. The van der Waals surface area contributed by atoms with Crippen LogP contribution in [0.5, 0.6) is 5.75 Å². The minimum Gasteiger partial charge on any atom is -0.410 e. The maximum absolute atomic E-state index is 13.6. The molecule has 2 amide bonds. The van der Waals surface area contributed by atoms with E-state index in [1.165, 1.54) is 11.0 Å². The zero-order chi connectivity index (χ0) is 18.5. The highest BCUT2D eigenvalue weighted by molar-refractivity contribution is 5.93. The van der Waals surface area contributed by atoms with E-state index in [0.29, 0.717) is 36.4 Å². The highest BCUT2D eigenvalue weighted by atomic mass is 19.1. The first-order valence-electron chi connectivity index (χ1n) is 8.62. The van der Waals surface area contributed by atoms with Gasteiger partial charge in [0.1, 0.15) is 11.6 Å². The number of rotatable bonds is 3. The number of benzene rings is 2. The van der Waals surface area contributed by atoms with Crippen molar-refractivity contribution >= 4 is 17.7 Å². The first kappa shape index (κ1) is 17.9. The highest BCUT2D eigenvalue weighted by Crippen LogP contribution is 2.21. The minimum absolute atomic E-state index is 0.217. The Morgan fingerprint density at radius 2 is 1.96 bits per heavy atom. The maximum Gasteiger partial charge on any atom is 0.415 e. The lowest BCUT2D eigenvalue weighted by molar-refractivity contribution is -0.121. The zero-order valence-electron chi connectivity index (χ0n) is 14.6. The van der Waals surface area contributed by atoms with E-state index in [1.54, 1.807) is 43.3 Å². The number of nitrogens with one attached hydrogen (secondary N) is 1. The number of halogens is 1. The number of hydrogen-bond donors (Lipinski definition) is 1. The molecular weight excluding hydrogens is 335 g/mol. The predicted octanol–water partition coefficient (Wildman–Crippen LogP) is 3.98. The van der Waals surface area contributed by atoms with Crippen LogP contribution >= 0.6 is 0 Å². The summed E-state index contributed by atoms with van der Waals surface area (Å²) in [6.45, 7) is 2.50. The van der Waals surface area contributed by atoms with Crippen molar-refractivity contribution in [1.29, 1.82) is 0 Å². The molecule has 0 spiro atoms. The highest BCUT2D eigenvalue weighted by Gasteiger charge is 2.29. The molecule has 6 heteroatoms. The number of amides is 2. The van der Waals surface area contributed by atoms with Gasteiger partial charge in [0.25, 0.3) is 0 Å². The van der Waals surface area contributed by atoms with Crippen LogP contribution in [0.15, 0.2) is 48.5 Å². The fraction of sp³-hybridized carbons (Fsp3) is 0.300. The Morgan fingerprint density at radius 1 is 1.19 bits per heavy atom. The molecule has 1 atom stereocenters. The number of para-hydroxylation sites is 1. The third-order valence-electron chi connectivity index (χ3n) is 4.44. The molecule has 1 aliphatic heterocycles. The van der Waals surface area contributed by atoms with Gasteiger partial charge in [-0.05, 0) is 49.6 Å². The van der Waals surface area contributed by atoms with E-state index < -0.39 is 6.09 Å². The number of ether oxygens (including phenoxy) is 1. The Bertz CT molecular complexity index is 795. The molecule has 0 bridgehead atoms. The molecule has 0 saturated carbocycles. The van der Waals surface area contributed by atoms with Crippen LogP contribution < -0.4 is 10.1 Å². The van der Waals surface area contributed by atoms with Gasteiger partial charge in [-0.3, -0.25) is 4.79 Å². The van der Waals surface area contributed by atoms with Crippen molar-refractivity contribution in [3.8, 4) is 5.75 Å². The second-order valence-corrected chi connectivity index (χ2v) is 6.42. The van der Waals surface area contributed by atoms with Gasteiger partial charge in [0.2, 0.25) is 5.91 Å². The van der Waals surface area contributed by atoms with Crippen molar-refractivity contribution in [2.75, 3.05) is 18.4 Å². The van der Waals surface area contributed by atoms with Crippen molar-refractivity contribution < 1.29 is 18.7 Å². The quantitative estimate of drug-likeness (QED) is 0.905. The number of nitrogens with zero attached hydrogens (tertiary/aromatic N) is 1. The van der Waals surface area contributed by atoms with Crippen LogP contribution in [0.25, 0.3) is 0 Å². The van der Waals surface area contributed by atoms with Gasteiger partial charge in [-0.15, -0.1) is 0 Å². The molecule has 2 aromatic rings. The normalized spacial score (nSPS) is 16.8. The lowest BCUT2D eigenvalue weighted by Gasteiger charge is -2.31. The summed E-state index contributed by atoms with van der Waals surface area (Å²) < 4.78 is 19.0. The van der Waals surface area contributed by atoms with E-state index in [9.17, 15) is 14.0 Å². The molecule has 1 fully saturated rings. The lowest BCUT2D eigenvalue weighted by atomic mass is 9.97. The molecule has 2 aromatic carbocycles. The van der Waals surface area contributed by atoms with E-state index in [2.05, 4.69) is 5.32 Å². The van der Waals surface area contributed by atoms with Crippen molar-refractivity contribution in [2.24, 2.45) is 5.92 Å². The summed E-state index contributed by atoms with van der Waals surface area (Å²) in [5.41, 5.74) is 0.942. The first-order chi connectivity index (χ1) is 12.5. The van der Waals surface area contributed by atoms with Crippen LogP contribution in [-0.2, 0) is 4.79 Å². The molecule has 0 unspecified atom stereocenters. The second-order valence-electron chi connectivity index (χ2n) is 6.42. The van der Waals surface area contributed by atoms with Crippen molar-refractivity contribution in [3.63, 3.8) is 0 Å². The van der Waals surface area contributed by atoms with Crippen molar-refractivity contribution in [3.05, 3.63) is 59.9 Å². The molecule has 1 N–H and O–H groups in total. The van der Waals surface area contributed by atoms with Crippen molar-refractivity contribution in [2.45, 2.75) is 19.8 Å². The SMILES string of the molecule is Cc1ccc(NC(=O)[C@H]2CCCN(C(=O)Oc3ccccc3)C2)cc1F. The first-order valence-corrected chi connectivity index (χ1v) is 8.62. The number of carbonyl (C=O) groups is 2. The standard InChI is InChI=1S/C20H21FN2O3/c1-14-9-10-16(12-18(14)21)22-19(24)15-6-5-11-23(13-15)20(25)26-17-7-3-2-4-8-17/h2-4,7-10,12,15H,5-6,11,13H2,1H3,(H,22,24)/t15-/m0/s1. The fourth-order valence-electron chi connectivity index (χ4n) is 2.93. The monoisotopic (exact) mass is 356 g/mol. The Kier molecular flexibility index (Phi) is 5.51. The van der Waals surface area contributed by atoms with Gasteiger partial charge in [0.05, 0.1) is 5.92 Å². The maximum atomic E-state index is 13.6. The van der Waals surface area contributed by atoms with E-state index >= 15 is 0 Å². The molecule has 3 rings (SSSR count). The summed E-state index contributed by atoms with van der Waals surface area (Å²) in [5, 5.41) is 2.73. The molecule has 0 aromatic heterocycles. The Morgan fingerprint density at radius 3 is 2.69 bits per heavy atom. The van der Waals surface area contributed by atoms with Crippen LogP contribution in [0.3, 0.4) is 0 Å². The molecule has 1 heterocycles. The minimum atomic E-state index is -0.463. The second kappa shape index (κ2) is 7.99. The van der Waals surface area contributed by atoms with Crippen LogP contribution in [0.1, 0.15) is 18.4 Å². The molecule has 1 aliphatic rings. The van der Waals surface area contributed by atoms with Crippen molar-refractivity contribution in [1.82, 2.24) is 4.90 Å². The fourth-order valence-corrected chi connectivity index (χ4v) is 2.93. The zero-order valence-corrected chi connectivity index (χ0v) is 14.6. The van der Waals surface area contributed by atoms with Gasteiger partial charge in [-0.25, -0.2) is 9.18 Å². The Hall–Kier alpha value is -2.89. The summed E-state index contributed by atoms with van der Waals surface area (Å²) in [4.78, 5) is 26.3. The predicted molar refractivity (Wildman–Crippen MR) is 96.5 cm³/mol. The van der Waals surface area contributed by atoms with E-state index in [4.69, 9.17) is 4.74 Å². The van der Waals surface area contributed by atoms with Gasteiger partial charge < -0.3 is 15.0 Å². The average Bonchev–Trinajstić information content (AvgIpc) is 2.65. The van der Waals surface area contributed by atoms with E-state index in [-0.39, 0.29) is 24.2 Å². The van der Waals surface area contributed by atoms with Gasteiger partial charge in [-0.2, -0.15) is 0 Å². The number of piperidine rings is 1. The Labute approximate surface area is 151 Å². The van der Waals surface area contributed by atoms with Crippen LogP contribution in [0, 0.1) is 18.7 Å². The summed E-state index contributed by atoms with van der Waals surface area (Å²) in [6.07, 6.45) is 0.926. The lowest BCUT2D eigenvalue weighted by Crippen LogP contribution is -2.44. The van der Waals surface area contributed by atoms with E-state index in [0.717, 1.165) is 0 Å².